The maximum absolute atomic E-state index is 4.10. The maximum atomic E-state index is 4.10. The van der Waals surface area contributed by atoms with Gasteiger partial charge in [-0.05, 0) is 45.8 Å². The van der Waals surface area contributed by atoms with Crippen molar-refractivity contribution >= 4 is 15.9 Å². The molecule has 0 spiro atoms. The molecule has 2 nitrogen and oxygen atoms in total. The Balaban J connectivity index is 2.71. The molecule has 3 heteroatoms. The zero-order valence-electron chi connectivity index (χ0n) is 11.2. The average molecular weight is 299 g/mol. The van der Waals surface area contributed by atoms with Gasteiger partial charge in [0.25, 0.3) is 0 Å². The molecule has 17 heavy (non-hydrogen) atoms. The minimum Gasteiger partial charge on any atom is -0.158 e. The van der Waals surface area contributed by atoms with Crippen LogP contribution < -0.4 is 0 Å². The number of unbranched alkanes of at least 4 members (excludes halogenated alkanes) is 3. The predicted octanol–water partition coefficient (Wildman–Crippen LogP) is 4.88. The van der Waals surface area contributed by atoms with Crippen molar-refractivity contribution in [2.24, 2.45) is 0 Å². The van der Waals surface area contributed by atoms with Crippen LogP contribution >= 0.6 is 15.9 Å². The molecule has 1 unspecified atom stereocenters. The third kappa shape index (κ3) is 4.06. The van der Waals surface area contributed by atoms with Crippen molar-refractivity contribution in [3.63, 3.8) is 0 Å². The minimum atomic E-state index is 0.225. The molecular weight excluding hydrogens is 276 g/mol. The van der Waals surface area contributed by atoms with Crippen molar-refractivity contribution in [1.29, 1.82) is 0 Å². The fourth-order valence-corrected chi connectivity index (χ4v) is 2.91. The molecule has 0 radical (unpaired) electrons. The van der Waals surface area contributed by atoms with E-state index in [0.29, 0.717) is 0 Å². The van der Waals surface area contributed by atoms with Gasteiger partial charge in [0.05, 0.1) is 0 Å². The molecule has 0 aliphatic heterocycles. The smallest absolute Gasteiger partial charge is 0.132 e. The first-order valence-electron chi connectivity index (χ1n) is 6.61. The fraction of sp³-hybridized carbons (Fsp3) is 0.714. The summed E-state index contributed by atoms with van der Waals surface area (Å²) in [6.45, 7) is 6.84. The minimum absolute atomic E-state index is 0.225. The van der Waals surface area contributed by atoms with E-state index in [1.54, 1.807) is 6.20 Å². The number of aromatic nitrogens is 2. The number of nitrogens with zero attached hydrogens (tertiary/aromatic N) is 2. The largest absolute Gasteiger partial charge is 0.158 e. The highest BCUT2D eigenvalue weighted by molar-refractivity contribution is 9.10. The van der Waals surface area contributed by atoms with Crippen LogP contribution in [0, 0.1) is 0 Å². The maximum Gasteiger partial charge on any atom is 0.132 e. The normalized spacial score (nSPS) is 14.6. The van der Waals surface area contributed by atoms with E-state index < -0.39 is 0 Å². The van der Waals surface area contributed by atoms with Gasteiger partial charge in [-0.2, -0.15) is 5.10 Å². The van der Waals surface area contributed by atoms with Gasteiger partial charge in [0.2, 0.25) is 0 Å². The van der Waals surface area contributed by atoms with E-state index in [1.165, 1.54) is 37.7 Å². The lowest BCUT2D eigenvalue weighted by Gasteiger charge is -2.29. The highest BCUT2D eigenvalue weighted by Crippen LogP contribution is 2.36. The Labute approximate surface area is 113 Å². The van der Waals surface area contributed by atoms with E-state index in [4.69, 9.17) is 0 Å². The van der Waals surface area contributed by atoms with E-state index in [0.717, 1.165) is 11.0 Å². The van der Waals surface area contributed by atoms with Crippen LogP contribution in [0.1, 0.15) is 64.9 Å². The van der Waals surface area contributed by atoms with Crippen molar-refractivity contribution in [2.45, 2.75) is 64.7 Å². The van der Waals surface area contributed by atoms with Crippen LogP contribution in [0.3, 0.4) is 0 Å². The topological polar surface area (TPSA) is 25.8 Å². The Bertz CT molecular complexity index is 341. The molecule has 1 aromatic rings. The highest BCUT2D eigenvalue weighted by Gasteiger charge is 2.26. The summed E-state index contributed by atoms with van der Waals surface area (Å²) in [6.07, 6.45) is 9.44. The van der Waals surface area contributed by atoms with Crippen molar-refractivity contribution < 1.29 is 0 Å². The van der Waals surface area contributed by atoms with Crippen LogP contribution in [0.2, 0.25) is 0 Å². The second-order valence-corrected chi connectivity index (χ2v) is 5.71. The fourth-order valence-electron chi connectivity index (χ4n) is 2.21. The van der Waals surface area contributed by atoms with Gasteiger partial charge in [0.1, 0.15) is 4.60 Å². The molecule has 0 amide bonds. The van der Waals surface area contributed by atoms with E-state index in [9.17, 15) is 0 Å². The lowest BCUT2D eigenvalue weighted by Crippen LogP contribution is -2.22. The molecule has 0 aromatic carbocycles. The van der Waals surface area contributed by atoms with Gasteiger partial charge < -0.3 is 0 Å². The Morgan fingerprint density at radius 1 is 1.24 bits per heavy atom. The molecule has 1 aromatic heterocycles. The zero-order valence-corrected chi connectivity index (χ0v) is 12.8. The van der Waals surface area contributed by atoms with Gasteiger partial charge in [0.15, 0.2) is 0 Å². The van der Waals surface area contributed by atoms with Crippen LogP contribution in [-0.2, 0) is 5.41 Å². The standard InChI is InChI=1S/C14H23BrN2/c1-4-6-7-8-10-14(3,5-2)12-9-11-16-17-13(12)15/h9,11H,4-8,10H2,1-3H3. The quantitative estimate of drug-likeness (QED) is 0.671. The summed E-state index contributed by atoms with van der Waals surface area (Å²) in [4.78, 5) is 0. The average Bonchev–Trinajstić information content (AvgIpc) is 2.35. The molecule has 96 valence electrons. The van der Waals surface area contributed by atoms with E-state index in [1.807, 2.05) is 0 Å². The van der Waals surface area contributed by atoms with Crippen LogP contribution in [0.5, 0.6) is 0 Å². The Morgan fingerprint density at radius 3 is 2.59 bits per heavy atom. The van der Waals surface area contributed by atoms with Crippen LogP contribution in [-0.4, -0.2) is 10.2 Å². The number of halogens is 1. The molecular formula is C14H23BrN2. The second kappa shape index (κ2) is 7.10. The molecule has 1 rings (SSSR count). The first kappa shape index (κ1) is 14.6. The van der Waals surface area contributed by atoms with Crippen molar-refractivity contribution in [1.82, 2.24) is 10.2 Å². The second-order valence-electron chi connectivity index (χ2n) is 4.96. The Hall–Kier alpha value is -0.440. The van der Waals surface area contributed by atoms with Crippen LogP contribution in [0.25, 0.3) is 0 Å². The van der Waals surface area contributed by atoms with Gasteiger partial charge in [-0.15, -0.1) is 5.10 Å². The zero-order chi connectivity index (χ0) is 12.7. The summed E-state index contributed by atoms with van der Waals surface area (Å²) in [5.41, 5.74) is 1.52. The first-order valence-corrected chi connectivity index (χ1v) is 7.41. The Morgan fingerprint density at radius 2 is 2.00 bits per heavy atom. The number of hydrogen-bond acceptors (Lipinski definition) is 2. The predicted molar refractivity (Wildman–Crippen MR) is 76.1 cm³/mol. The summed E-state index contributed by atoms with van der Waals surface area (Å²) in [5.74, 6) is 0. The van der Waals surface area contributed by atoms with E-state index in [-0.39, 0.29) is 5.41 Å². The van der Waals surface area contributed by atoms with Crippen molar-refractivity contribution in [3.8, 4) is 0 Å². The van der Waals surface area contributed by atoms with Gasteiger partial charge in [-0.25, -0.2) is 0 Å². The summed E-state index contributed by atoms with van der Waals surface area (Å²) in [6, 6.07) is 2.10. The van der Waals surface area contributed by atoms with E-state index >= 15 is 0 Å². The SMILES string of the molecule is CCCCCCC(C)(CC)c1ccnnc1Br. The molecule has 0 fully saturated rings. The first-order chi connectivity index (χ1) is 8.14. The van der Waals surface area contributed by atoms with Gasteiger partial charge >= 0.3 is 0 Å². The third-order valence-corrected chi connectivity index (χ3v) is 4.27. The summed E-state index contributed by atoms with van der Waals surface area (Å²) in [7, 11) is 0. The van der Waals surface area contributed by atoms with Crippen molar-refractivity contribution in [3.05, 3.63) is 22.4 Å². The molecule has 0 saturated heterocycles. The monoisotopic (exact) mass is 298 g/mol. The lowest BCUT2D eigenvalue weighted by molar-refractivity contribution is 0.392. The highest BCUT2D eigenvalue weighted by atomic mass is 79.9. The molecule has 0 N–H and O–H groups in total. The van der Waals surface area contributed by atoms with Crippen LogP contribution in [0.15, 0.2) is 16.9 Å². The summed E-state index contributed by atoms with van der Waals surface area (Å²) < 4.78 is 0.903. The third-order valence-electron chi connectivity index (χ3n) is 3.69. The van der Waals surface area contributed by atoms with Gasteiger partial charge in [-0.1, -0.05) is 46.5 Å². The molecule has 0 aliphatic rings. The van der Waals surface area contributed by atoms with E-state index in [2.05, 4.69) is 53.0 Å². The molecule has 0 bridgehead atoms. The van der Waals surface area contributed by atoms with Crippen molar-refractivity contribution in [2.75, 3.05) is 0 Å². The molecule has 1 atom stereocenters. The number of rotatable bonds is 7. The number of hydrogen-bond donors (Lipinski definition) is 0. The Kier molecular flexibility index (Phi) is 6.10. The molecule has 1 heterocycles. The molecule has 0 aliphatic carbocycles. The van der Waals surface area contributed by atoms with Gasteiger partial charge in [-0.3, -0.25) is 0 Å². The summed E-state index contributed by atoms with van der Waals surface area (Å²) >= 11 is 3.52. The van der Waals surface area contributed by atoms with Crippen LogP contribution in [0.4, 0.5) is 0 Å². The van der Waals surface area contributed by atoms with Gasteiger partial charge in [0, 0.05) is 6.20 Å². The molecule has 0 saturated carbocycles. The lowest BCUT2D eigenvalue weighted by atomic mass is 9.77. The summed E-state index contributed by atoms with van der Waals surface area (Å²) in [5, 5.41) is 8.01.